The minimum absolute atomic E-state index is 0.274. The molecule has 0 saturated heterocycles. The van der Waals surface area contributed by atoms with Crippen molar-refractivity contribution in [1.82, 2.24) is 23.8 Å². The fourth-order valence-electron chi connectivity index (χ4n) is 3.20. The molecule has 0 saturated carbocycles. The third-order valence-corrected chi connectivity index (χ3v) is 5.94. The number of nitrogens with zero attached hydrogens (tertiary/aromatic N) is 3. The van der Waals surface area contributed by atoms with Crippen LogP contribution in [0.2, 0.25) is 5.02 Å². The second-order valence-electron chi connectivity index (χ2n) is 6.86. The molecule has 0 spiro atoms. The van der Waals surface area contributed by atoms with E-state index in [1.165, 1.54) is 6.08 Å². The van der Waals surface area contributed by atoms with Crippen LogP contribution in [-0.4, -0.2) is 35.2 Å². The Morgan fingerprint density at radius 1 is 1.30 bits per heavy atom. The Labute approximate surface area is 180 Å². The number of nitrogens with one attached hydrogen (secondary N) is 2. The van der Waals surface area contributed by atoms with E-state index < -0.39 is 16.1 Å². The van der Waals surface area contributed by atoms with Crippen LogP contribution in [0.1, 0.15) is 31.0 Å². The molecule has 30 heavy (non-hydrogen) atoms. The van der Waals surface area contributed by atoms with Crippen molar-refractivity contribution in [1.29, 1.82) is 0 Å². The molecule has 0 aliphatic heterocycles. The maximum absolute atomic E-state index is 12.2. The van der Waals surface area contributed by atoms with E-state index in [1.54, 1.807) is 24.0 Å². The lowest BCUT2D eigenvalue weighted by Crippen LogP contribution is -2.39. The molecule has 2 aromatic heterocycles. The molecule has 3 rings (SSSR count). The SMILES string of the molecule is CCCCNS(=O)(=O)NC(=O)/C=C/c1c(C)nn(C)c1-n1cc(Cl)c2ccccc21. The van der Waals surface area contributed by atoms with Gasteiger partial charge in [0, 0.05) is 36.8 Å². The normalized spacial score (nSPS) is 12.1. The molecule has 0 fully saturated rings. The molecule has 0 bridgehead atoms. The third kappa shape index (κ3) is 4.75. The minimum atomic E-state index is -3.89. The van der Waals surface area contributed by atoms with Crippen molar-refractivity contribution in [2.24, 2.45) is 7.05 Å². The molecule has 0 atom stereocenters. The van der Waals surface area contributed by atoms with E-state index in [0.29, 0.717) is 28.5 Å². The average molecular weight is 450 g/mol. The van der Waals surface area contributed by atoms with Gasteiger partial charge in [-0.1, -0.05) is 43.1 Å². The first-order chi connectivity index (χ1) is 14.2. The van der Waals surface area contributed by atoms with E-state index in [2.05, 4.69) is 9.82 Å². The first-order valence-corrected chi connectivity index (χ1v) is 11.4. The first-order valence-electron chi connectivity index (χ1n) is 9.52. The van der Waals surface area contributed by atoms with Gasteiger partial charge in [0.05, 0.1) is 16.2 Å². The molecule has 1 aromatic carbocycles. The lowest BCUT2D eigenvalue weighted by molar-refractivity contribution is -0.114. The highest BCUT2D eigenvalue weighted by molar-refractivity contribution is 7.88. The standard InChI is InChI=1S/C20H24ClN5O3S/c1-4-5-12-22-30(28,29)24-19(27)11-10-15-14(2)23-25(3)20(15)26-13-17(21)16-8-6-7-9-18(16)26/h6-11,13,22H,4-5,12H2,1-3H3,(H,24,27)/b11-10+. The summed E-state index contributed by atoms with van der Waals surface area (Å²) in [5.41, 5.74) is 2.27. The minimum Gasteiger partial charge on any atom is -0.299 e. The van der Waals surface area contributed by atoms with Gasteiger partial charge in [-0.3, -0.25) is 14.0 Å². The second-order valence-corrected chi connectivity index (χ2v) is 8.77. The quantitative estimate of drug-likeness (QED) is 0.408. The van der Waals surface area contributed by atoms with Crippen LogP contribution in [0.3, 0.4) is 0 Å². The van der Waals surface area contributed by atoms with Gasteiger partial charge in [-0.25, -0.2) is 4.72 Å². The number of carbonyl (C=O) groups excluding carboxylic acids is 1. The number of rotatable bonds is 8. The van der Waals surface area contributed by atoms with Gasteiger partial charge in [0.1, 0.15) is 5.82 Å². The first kappa shape index (κ1) is 22.1. The Morgan fingerprint density at radius 3 is 2.77 bits per heavy atom. The Balaban J connectivity index is 1.90. The topological polar surface area (TPSA) is 98.0 Å². The summed E-state index contributed by atoms with van der Waals surface area (Å²) < 4.78 is 31.8. The molecule has 0 unspecified atom stereocenters. The lowest BCUT2D eigenvalue weighted by atomic mass is 10.2. The summed E-state index contributed by atoms with van der Waals surface area (Å²) in [7, 11) is -2.10. The summed E-state index contributed by atoms with van der Waals surface area (Å²) in [6, 6.07) is 7.69. The highest BCUT2D eigenvalue weighted by Crippen LogP contribution is 2.30. The summed E-state index contributed by atoms with van der Waals surface area (Å²) in [5, 5.41) is 5.94. The van der Waals surface area contributed by atoms with Crippen molar-refractivity contribution in [3.63, 3.8) is 0 Å². The third-order valence-electron chi connectivity index (χ3n) is 4.59. The molecule has 2 N–H and O–H groups in total. The van der Waals surface area contributed by atoms with Crippen molar-refractivity contribution in [3.05, 3.63) is 52.8 Å². The maximum atomic E-state index is 12.2. The summed E-state index contributed by atoms with van der Waals surface area (Å²) in [6.07, 6.45) is 6.06. The predicted octanol–water partition coefficient (Wildman–Crippen LogP) is 3.09. The van der Waals surface area contributed by atoms with Gasteiger partial charge in [0.15, 0.2) is 0 Å². The van der Waals surface area contributed by atoms with Crippen LogP contribution in [-0.2, 0) is 22.1 Å². The van der Waals surface area contributed by atoms with Gasteiger partial charge in [0.25, 0.3) is 5.91 Å². The Bertz CT molecular complexity index is 1210. The smallest absolute Gasteiger partial charge is 0.299 e. The number of amides is 1. The molecular weight excluding hydrogens is 426 g/mol. The van der Waals surface area contributed by atoms with Crippen LogP contribution in [0.15, 0.2) is 36.5 Å². The largest absolute Gasteiger partial charge is 0.301 e. The van der Waals surface area contributed by atoms with Gasteiger partial charge < -0.3 is 0 Å². The van der Waals surface area contributed by atoms with Crippen molar-refractivity contribution in [3.8, 4) is 5.82 Å². The highest BCUT2D eigenvalue weighted by Gasteiger charge is 2.17. The number of halogens is 1. The fourth-order valence-corrected chi connectivity index (χ4v) is 4.28. The lowest BCUT2D eigenvalue weighted by Gasteiger charge is -2.08. The van der Waals surface area contributed by atoms with Crippen LogP contribution >= 0.6 is 11.6 Å². The highest BCUT2D eigenvalue weighted by atomic mass is 35.5. The van der Waals surface area contributed by atoms with E-state index in [1.807, 2.05) is 47.4 Å². The zero-order valence-electron chi connectivity index (χ0n) is 17.0. The van der Waals surface area contributed by atoms with Crippen LogP contribution in [0.25, 0.3) is 22.8 Å². The fraction of sp³-hybridized carbons (Fsp3) is 0.300. The molecule has 8 nitrogen and oxygen atoms in total. The van der Waals surface area contributed by atoms with Crippen LogP contribution in [0, 0.1) is 6.92 Å². The number of benzene rings is 1. The van der Waals surface area contributed by atoms with Crippen LogP contribution < -0.4 is 9.44 Å². The maximum Gasteiger partial charge on any atom is 0.301 e. The van der Waals surface area contributed by atoms with Crippen molar-refractivity contribution in [2.45, 2.75) is 26.7 Å². The second kappa shape index (κ2) is 9.03. The van der Waals surface area contributed by atoms with Crippen LogP contribution in [0.5, 0.6) is 0 Å². The molecular formula is C20H24ClN5O3S. The predicted molar refractivity (Wildman–Crippen MR) is 119 cm³/mol. The number of hydrogen-bond acceptors (Lipinski definition) is 4. The average Bonchev–Trinajstić information content (AvgIpc) is 3.15. The Morgan fingerprint density at radius 2 is 2.03 bits per heavy atom. The number of aromatic nitrogens is 3. The van der Waals surface area contributed by atoms with E-state index in [-0.39, 0.29) is 6.54 Å². The Kier molecular flexibility index (Phi) is 6.64. The van der Waals surface area contributed by atoms with E-state index in [9.17, 15) is 13.2 Å². The molecule has 0 aliphatic rings. The van der Waals surface area contributed by atoms with Gasteiger partial charge in [-0.05, 0) is 25.5 Å². The van der Waals surface area contributed by atoms with E-state index >= 15 is 0 Å². The molecule has 0 radical (unpaired) electrons. The van der Waals surface area contributed by atoms with E-state index in [4.69, 9.17) is 11.6 Å². The number of para-hydroxylation sites is 1. The van der Waals surface area contributed by atoms with Gasteiger partial charge >= 0.3 is 10.2 Å². The van der Waals surface area contributed by atoms with Crippen molar-refractivity contribution < 1.29 is 13.2 Å². The Hall–Kier alpha value is -2.62. The van der Waals surface area contributed by atoms with E-state index in [0.717, 1.165) is 17.3 Å². The zero-order valence-corrected chi connectivity index (χ0v) is 18.6. The van der Waals surface area contributed by atoms with Crippen molar-refractivity contribution in [2.75, 3.05) is 6.54 Å². The number of fused-ring (bicyclic) bond motifs is 1. The summed E-state index contributed by atoms with van der Waals surface area (Å²) >= 11 is 6.39. The summed E-state index contributed by atoms with van der Waals surface area (Å²) in [5.74, 6) is -0.0350. The molecule has 2 heterocycles. The molecule has 160 valence electrons. The number of aryl methyl sites for hydroxylation is 2. The van der Waals surface area contributed by atoms with Gasteiger partial charge in [-0.15, -0.1) is 0 Å². The van der Waals surface area contributed by atoms with Crippen LogP contribution in [0.4, 0.5) is 0 Å². The zero-order chi connectivity index (χ0) is 21.9. The summed E-state index contributed by atoms with van der Waals surface area (Å²) in [4.78, 5) is 12.2. The molecule has 10 heteroatoms. The molecule has 0 aliphatic carbocycles. The van der Waals surface area contributed by atoms with Gasteiger partial charge in [-0.2, -0.15) is 18.2 Å². The number of unbranched alkanes of at least 4 members (excludes halogenated alkanes) is 1. The number of hydrogen-bond donors (Lipinski definition) is 2. The monoisotopic (exact) mass is 449 g/mol. The van der Waals surface area contributed by atoms with Crippen molar-refractivity contribution >= 4 is 44.7 Å². The van der Waals surface area contributed by atoms with Gasteiger partial charge in [0.2, 0.25) is 0 Å². The molecule has 1 amide bonds. The summed E-state index contributed by atoms with van der Waals surface area (Å²) in [6.45, 7) is 4.04. The number of carbonyl (C=O) groups is 1. The molecule has 3 aromatic rings.